The van der Waals surface area contributed by atoms with Crippen LogP contribution in [0.3, 0.4) is 0 Å². The van der Waals surface area contributed by atoms with Crippen LogP contribution in [0.2, 0.25) is 0 Å². The molecule has 0 spiro atoms. The Labute approximate surface area is 130 Å². The summed E-state index contributed by atoms with van der Waals surface area (Å²) in [5, 5.41) is 13.2. The molecule has 1 aromatic carbocycles. The molecule has 0 fully saturated rings. The Kier molecular flexibility index (Phi) is 7.24. The van der Waals surface area contributed by atoms with Gasteiger partial charge in [-0.2, -0.15) is 0 Å². The highest BCUT2D eigenvalue weighted by Crippen LogP contribution is 2.24. The zero-order chi connectivity index (χ0) is 16.6. The molecule has 1 atom stereocenters. The minimum absolute atomic E-state index is 0.00612. The van der Waals surface area contributed by atoms with Gasteiger partial charge in [-0.05, 0) is 19.4 Å². The highest BCUT2D eigenvalue weighted by Gasteiger charge is 2.26. The molecule has 124 valence electrons. The number of nitrogens with one attached hydrogen (secondary N) is 1. The summed E-state index contributed by atoms with van der Waals surface area (Å²) in [4.78, 5) is 4.03. The lowest BCUT2D eigenvalue weighted by Gasteiger charge is -2.22. The third-order valence-corrected chi connectivity index (χ3v) is 3.41. The lowest BCUT2D eigenvalue weighted by atomic mass is 9.95. The second-order valence-corrected chi connectivity index (χ2v) is 5.59. The maximum Gasteiger partial charge on any atom is 0.188 e. The number of nitrogens with zero attached hydrogens (tertiary/aromatic N) is 1. The highest BCUT2D eigenvalue weighted by molar-refractivity contribution is 5.77. The fraction of sp³-hybridized carbons (Fsp3) is 0.562. The summed E-state index contributed by atoms with van der Waals surface area (Å²) in [7, 11) is 0. The molecule has 22 heavy (non-hydrogen) atoms. The van der Waals surface area contributed by atoms with Gasteiger partial charge in [-0.3, -0.25) is 4.99 Å². The number of rotatable bonds is 8. The van der Waals surface area contributed by atoms with E-state index in [0.29, 0.717) is 6.54 Å². The van der Waals surface area contributed by atoms with Crippen molar-refractivity contribution in [2.24, 2.45) is 10.7 Å². The number of benzene rings is 1. The van der Waals surface area contributed by atoms with Crippen molar-refractivity contribution >= 4 is 5.96 Å². The van der Waals surface area contributed by atoms with Crippen LogP contribution in [0.25, 0.3) is 0 Å². The van der Waals surface area contributed by atoms with Gasteiger partial charge in [0.25, 0.3) is 0 Å². The number of unbranched alkanes of at least 4 members (excludes halogenated alkanes) is 3. The SMILES string of the molecule is CCCCCCNC(N)=NCC(C)(O)c1ccc(F)cc1F. The van der Waals surface area contributed by atoms with Gasteiger partial charge >= 0.3 is 0 Å². The van der Waals surface area contributed by atoms with Crippen LogP contribution < -0.4 is 11.1 Å². The van der Waals surface area contributed by atoms with Gasteiger partial charge in [-0.25, -0.2) is 8.78 Å². The molecule has 0 bridgehead atoms. The van der Waals surface area contributed by atoms with Crippen molar-refractivity contribution < 1.29 is 13.9 Å². The van der Waals surface area contributed by atoms with Gasteiger partial charge < -0.3 is 16.2 Å². The fourth-order valence-corrected chi connectivity index (χ4v) is 2.07. The largest absolute Gasteiger partial charge is 0.383 e. The molecule has 4 N–H and O–H groups in total. The van der Waals surface area contributed by atoms with Crippen molar-refractivity contribution in [1.82, 2.24) is 5.32 Å². The molecular formula is C16H25F2N3O. The van der Waals surface area contributed by atoms with Crippen LogP contribution in [-0.2, 0) is 5.60 Å². The number of nitrogens with two attached hydrogens (primary N) is 1. The van der Waals surface area contributed by atoms with Crippen molar-refractivity contribution in [1.29, 1.82) is 0 Å². The number of halogens is 2. The molecule has 1 rings (SSSR count). The first-order valence-electron chi connectivity index (χ1n) is 7.58. The van der Waals surface area contributed by atoms with Gasteiger partial charge in [-0.1, -0.05) is 32.3 Å². The first-order valence-corrected chi connectivity index (χ1v) is 7.58. The third kappa shape index (κ3) is 5.97. The molecule has 0 aliphatic rings. The van der Waals surface area contributed by atoms with Crippen LogP contribution in [0, 0.1) is 11.6 Å². The zero-order valence-corrected chi connectivity index (χ0v) is 13.2. The molecule has 0 amide bonds. The zero-order valence-electron chi connectivity index (χ0n) is 13.2. The molecule has 0 saturated carbocycles. The molecule has 4 nitrogen and oxygen atoms in total. The summed E-state index contributed by atoms with van der Waals surface area (Å²) >= 11 is 0. The van der Waals surface area contributed by atoms with Crippen molar-refractivity contribution in [3.05, 3.63) is 35.4 Å². The monoisotopic (exact) mass is 313 g/mol. The van der Waals surface area contributed by atoms with E-state index in [-0.39, 0.29) is 18.1 Å². The van der Waals surface area contributed by atoms with Crippen molar-refractivity contribution in [3.8, 4) is 0 Å². The fourth-order valence-electron chi connectivity index (χ4n) is 2.07. The highest BCUT2D eigenvalue weighted by atomic mass is 19.1. The molecule has 0 radical (unpaired) electrons. The van der Waals surface area contributed by atoms with Crippen LogP contribution in [0.5, 0.6) is 0 Å². The molecule has 0 aliphatic heterocycles. The Balaban J connectivity index is 2.54. The lowest BCUT2D eigenvalue weighted by molar-refractivity contribution is 0.0633. The summed E-state index contributed by atoms with van der Waals surface area (Å²) in [5.74, 6) is -1.28. The molecule has 0 aromatic heterocycles. The van der Waals surface area contributed by atoms with E-state index >= 15 is 0 Å². The van der Waals surface area contributed by atoms with Crippen LogP contribution in [0.1, 0.15) is 45.1 Å². The second-order valence-electron chi connectivity index (χ2n) is 5.59. The standard InChI is InChI=1S/C16H25F2N3O/c1-3-4-5-6-9-20-15(19)21-11-16(2,22)13-8-7-12(17)10-14(13)18/h7-8,10,22H,3-6,9,11H2,1-2H3,(H3,19,20,21). The van der Waals surface area contributed by atoms with E-state index in [2.05, 4.69) is 17.2 Å². The summed E-state index contributed by atoms with van der Waals surface area (Å²) in [5.41, 5.74) is 4.15. The van der Waals surface area contributed by atoms with Gasteiger partial charge in [0.05, 0.1) is 6.54 Å². The minimum Gasteiger partial charge on any atom is -0.383 e. The van der Waals surface area contributed by atoms with Crippen LogP contribution >= 0.6 is 0 Å². The maximum atomic E-state index is 13.7. The van der Waals surface area contributed by atoms with E-state index in [1.54, 1.807) is 0 Å². The van der Waals surface area contributed by atoms with Crippen LogP contribution in [0.4, 0.5) is 8.78 Å². The normalized spacial score (nSPS) is 14.7. The van der Waals surface area contributed by atoms with Crippen molar-refractivity contribution in [2.75, 3.05) is 13.1 Å². The Hall–Kier alpha value is -1.69. The first-order chi connectivity index (χ1) is 10.4. The van der Waals surface area contributed by atoms with E-state index in [4.69, 9.17) is 5.73 Å². The van der Waals surface area contributed by atoms with Crippen molar-refractivity contribution in [2.45, 2.75) is 45.1 Å². The lowest BCUT2D eigenvalue weighted by Crippen LogP contribution is -2.35. The van der Waals surface area contributed by atoms with Crippen LogP contribution in [0.15, 0.2) is 23.2 Å². The molecule has 1 unspecified atom stereocenters. The summed E-state index contributed by atoms with van der Waals surface area (Å²) in [6.45, 7) is 4.16. The van der Waals surface area contributed by atoms with E-state index in [0.717, 1.165) is 31.4 Å². The van der Waals surface area contributed by atoms with Gasteiger partial charge in [0.1, 0.15) is 17.2 Å². The number of hydrogen-bond donors (Lipinski definition) is 3. The quantitative estimate of drug-likeness (QED) is 0.392. The predicted molar refractivity (Wildman–Crippen MR) is 84.6 cm³/mol. The average molecular weight is 313 g/mol. The van der Waals surface area contributed by atoms with Crippen molar-refractivity contribution in [3.63, 3.8) is 0 Å². The first kappa shape index (κ1) is 18.4. The Morgan fingerprint density at radius 1 is 1.32 bits per heavy atom. The Bertz CT molecular complexity index is 504. The second kappa shape index (κ2) is 8.68. The number of guanidine groups is 1. The van der Waals surface area contributed by atoms with Gasteiger partial charge in [0.15, 0.2) is 5.96 Å². The molecular weight excluding hydrogens is 288 g/mol. The Morgan fingerprint density at radius 3 is 2.68 bits per heavy atom. The Morgan fingerprint density at radius 2 is 2.05 bits per heavy atom. The molecule has 0 saturated heterocycles. The van der Waals surface area contributed by atoms with Crippen LogP contribution in [-0.4, -0.2) is 24.2 Å². The molecule has 1 aromatic rings. The summed E-state index contributed by atoms with van der Waals surface area (Å²) < 4.78 is 26.6. The summed E-state index contributed by atoms with van der Waals surface area (Å²) in [6.07, 6.45) is 4.45. The molecule has 6 heteroatoms. The number of aliphatic hydroxyl groups is 1. The topological polar surface area (TPSA) is 70.6 Å². The van der Waals surface area contributed by atoms with E-state index in [9.17, 15) is 13.9 Å². The smallest absolute Gasteiger partial charge is 0.188 e. The molecule has 0 aliphatic carbocycles. The minimum atomic E-state index is -1.55. The van der Waals surface area contributed by atoms with Gasteiger partial charge in [0.2, 0.25) is 0 Å². The number of aliphatic imine (C=N–C) groups is 1. The maximum absolute atomic E-state index is 13.7. The van der Waals surface area contributed by atoms with Gasteiger partial charge in [0, 0.05) is 18.2 Å². The summed E-state index contributed by atoms with van der Waals surface area (Å²) in [6, 6.07) is 3.06. The van der Waals surface area contributed by atoms with E-state index < -0.39 is 17.2 Å². The third-order valence-electron chi connectivity index (χ3n) is 3.41. The van der Waals surface area contributed by atoms with E-state index in [1.807, 2.05) is 0 Å². The number of hydrogen-bond acceptors (Lipinski definition) is 2. The molecule has 0 heterocycles. The van der Waals surface area contributed by atoms with E-state index in [1.165, 1.54) is 19.4 Å². The average Bonchev–Trinajstić information content (AvgIpc) is 2.44. The van der Waals surface area contributed by atoms with Gasteiger partial charge in [-0.15, -0.1) is 0 Å². The predicted octanol–water partition coefficient (Wildman–Crippen LogP) is 2.66.